The van der Waals surface area contributed by atoms with Crippen molar-refractivity contribution in [1.29, 1.82) is 0 Å². The van der Waals surface area contributed by atoms with Crippen molar-refractivity contribution >= 4 is 152 Å². The molecule has 4 aromatic carbocycles. The monoisotopic (exact) mass is 1340 g/mol. The van der Waals surface area contributed by atoms with Gasteiger partial charge in [0.05, 0.1) is 51.3 Å². The van der Waals surface area contributed by atoms with Gasteiger partial charge < -0.3 is 30.9 Å². The summed E-state index contributed by atoms with van der Waals surface area (Å²) in [5.41, 5.74) is 6.68. The van der Waals surface area contributed by atoms with Crippen molar-refractivity contribution in [2.24, 2.45) is 11.8 Å². The SMILES string of the molecule is CC(=O)C1CCN(c2ccc(Nc3c(N)cnc4ccc(Br)cc34)cc2C(F)(F)F)CC1.CC(=O)C1CCN(c2ccc(Nc3c([N+](=O)[O-])cnc4ccc(Br)cc34)cc2C(F)(F)F)CC1.CCOC(C)=O.[CH3][SnH]([Cl])[Cl]. The molecule has 25 heteroatoms. The van der Waals surface area contributed by atoms with E-state index in [0.717, 1.165) is 22.8 Å². The number of pyridine rings is 2. The number of nitro groups is 1. The zero-order chi connectivity index (χ0) is 56.2. The molecule has 0 aliphatic carbocycles. The van der Waals surface area contributed by atoms with Gasteiger partial charge in [-0.3, -0.25) is 29.5 Å². The summed E-state index contributed by atoms with van der Waals surface area (Å²) in [6, 6.07) is 18.5. The number of anilines is 7. The van der Waals surface area contributed by atoms with Gasteiger partial charge in [0.1, 0.15) is 23.5 Å². The van der Waals surface area contributed by atoms with Crippen LogP contribution < -0.4 is 26.2 Å². The molecule has 0 amide bonds. The minimum atomic E-state index is -4.64. The zero-order valence-electron chi connectivity index (χ0n) is 41.7. The molecule has 2 aliphatic rings. The van der Waals surface area contributed by atoms with Crippen molar-refractivity contribution in [2.75, 3.05) is 59.0 Å². The number of Topliss-reactive ketones (excluding diaryl/α,β-unsaturated/α-hetero) is 2. The Labute approximate surface area is 466 Å². The quantitative estimate of drug-likeness (QED) is 0.0387. The van der Waals surface area contributed by atoms with E-state index in [4.69, 9.17) is 23.6 Å². The fraction of sp³-hybridized carbons (Fsp3) is 0.353. The molecule has 14 nitrogen and oxygen atoms in total. The summed E-state index contributed by atoms with van der Waals surface area (Å²) in [5, 5.41) is 18.6. The van der Waals surface area contributed by atoms with Gasteiger partial charge >= 0.3 is 64.3 Å². The molecule has 8 rings (SSSR count). The third kappa shape index (κ3) is 17.2. The first-order valence-electron chi connectivity index (χ1n) is 23.6. The van der Waals surface area contributed by atoms with E-state index in [0.29, 0.717) is 96.1 Å². The summed E-state index contributed by atoms with van der Waals surface area (Å²) in [5.74, 6) is -0.283. The fourth-order valence-electron chi connectivity index (χ4n) is 8.52. The molecule has 2 saturated heterocycles. The Morgan fingerprint density at radius 1 is 0.724 bits per heavy atom. The Morgan fingerprint density at radius 2 is 1.12 bits per heavy atom. The summed E-state index contributed by atoms with van der Waals surface area (Å²) in [4.78, 5) is 57.6. The third-order valence-corrected chi connectivity index (χ3v) is 13.2. The number of carbonyl (C=O) groups is 3. The maximum absolute atomic E-state index is 14.0. The van der Waals surface area contributed by atoms with Gasteiger partial charge in [-0.1, -0.05) is 31.9 Å². The van der Waals surface area contributed by atoms with Crippen LogP contribution in [0.3, 0.4) is 0 Å². The first kappa shape index (κ1) is 61.7. The van der Waals surface area contributed by atoms with Crippen LogP contribution in [0, 0.1) is 22.0 Å². The Kier molecular flexibility index (Phi) is 22.3. The van der Waals surface area contributed by atoms with Crippen LogP contribution in [0.2, 0.25) is 4.94 Å². The van der Waals surface area contributed by atoms with Gasteiger partial charge in [0, 0.05) is 87.4 Å². The van der Waals surface area contributed by atoms with Crippen LogP contribution in [0.5, 0.6) is 0 Å². The van der Waals surface area contributed by atoms with E-state index in [2.05, 4.69) is 57.2 Å². The van der Waals surface area contributed by atoms with Crippen LogP contribution >= 0.6 is 49.7 Å². The van der Waals surface area contributed by atoms with Gasteiger partial charge in [-0.25, -0.2) is 4.98 Å². The molecular weight excluding hydrogens is 1280 g/mol. The minimum absolute atomic E-state index is 0.0249. The second kappa shape index (κ2) is 27.4. The molecule has 0 spiro atoms. The number of piperidine rings is 2. The number of hydrogen-bond donors (Lipinski definition) is 3. The molecule has 4 heterocycles. The number of halogens is 10. The number of benzene rings is 4. The average molecular weight is 1340 g/mol. The molecular formula is C51H54Br2Cl2F6N8O6Sn. The first-order chi connectivity index (χ1) is 35.7. The van der Waals surface area contributed by atoms with Crippen molar-refractivity contribution < 1.29 is 50.4 Å². The van der Waals surface area contributed by atoms with Gasteiger partial charge in [0.15, 0.2) is 0 Å². The summed E-state index contributed by atoms with van der Waals surface area (Å²) in [7, 11) is 10.5. The van der Waals surface area contributed by atoms with Gasteiger partial charge in [0.25, 0.3) is 0 Å². The van der Waals surface area contributed by atoms with Gasteiger partial charge in [-0.15, -0.1) is 0 Å². The molecule has 6 aromatic rings. The van der Waals surface area contributed by atoms with Gasteiger partial charge in [-0.2, -0.15) is 26.3 Å². The van der Waals surface area contributed by atoms with Crippen LogP contribution in [0.4, 0.5) is 71.8 Å². The number of nitrogens with zero attached hydrogens (tertiary/aromatic N) is 5. The van der Waals surface area contributed by atoms with Crippen LogP contribution in [-0.4, -0.2) is 82.7 Å². The number of nitrogens with two attached hydrogens (primary N) is 1. The van der Waals surface area contributed by atoms with Crippen LogP contribution in [-0.2, 0) is 31.5 Å². The third-order valence-electron chi connectivity index (χ3n) is 12.2. The standard InChI is InChI=1S/C23H20BrF3N4O3.C23H22BrF3N4O.C4H8O2.CH3.2ClH.Sn.H/c1-13(32)14-6-8-30(9-7-14)20-5-3-16(11-18(20)23(25,26)27)29-22-17-10-15(24)2-4-19(17)28-12-21(22)31(33)34;1-13(32)14-6-8-31(9-7-14)21-5-3-16(11-18(21)23(25,26)27)30-22-17-10-15(24)2-4-20(17)29-12-19(22)28;1-3-6-4(2)5;;;;;/h2-5,10-12,14H,6-9H2,1H3,(H,28,29);2-5,10-12,14H,6-9,28H2,1H3,(H,29,30);3H2,1-2H3;1H3;2*1H;;/q;;;;;;+2;/p-2. The number of ketones is 2. The van der Waals surface area contributed by atoms with Crippen LogP contribution in [0.1, 0.15) is 64.5 Å². The maximum atomic E-state index is 14.0. The Balaban J connectivity index is 0.000000239. The van der Waals surface area contributed by atoms with Gasteiger partial charge in [0.2, 0.25) is 0 Å². The Bertz CT molecular complexity index is 3050. The van der Waals surface area contributed by atoms with Crippen molar-refractivity contribution in [3.63, 3.8) is 0 Å². The molecule has 76 heavy (non-hydrogen) atoms. The zero-order valence-corrected chi connectivity index (χ0v) is 49.7. The van der Waals surface area contributed by atoms with E-state index in [-0.39, 0.29) is 63.5 Å². The first-order valence-corrected chi connectivity index (χ1v) is 36.9. The molecule has 0 radical (unpaired) electrons. The molecule has 0 saturated carbocycles. The fourth-order valence-corrected chi connectivity index (χ4v) is 9.24. The molecule has 0 bridgehead atoms. The van der Waals surface area contributed by atoms with E-state index in [1.807, 2.05) is 17.1 Å². The van der Waals surface area contributed by atoms with E-state index in [1.54, 1.807) is 47.1 Å². The number of alkyl halides is 6. The van der Waals surface area contributed by atoms with Gasteiger partial charge in [-0.05, 0) is 119 Å². The molecule has 4 N–H and O–H groups in total. The predicted octanol–water partition coefficient (Wildman–Crippen LogP) is 14.5. The van der Waals surface area contributed by atoms with E-state index >= 15 is 0 Å². The number of rotatable bonds is 10. The summed E-state index contributed by atoms with van der Waals surface area (Å²) in [6.45, 7) is 8.20. The second-order valence-corrected chi connectivity index (χ2v) is 32.7. The molecule has 408 valence electrons. The Hall–Kier alpha value is -5.17. The van der Waals surface area contributed by atoms with E-state index < -0.39 is 45.9 Å². The molecule has 0 atom stereocenters. The van der Waals surface area contributed by atoms with Crippen molar-refractivity contribution in [2.45, 2.75) is 70.7 Å². The predicted molar refractivity (Wildman–Crippen MR) is 298 cm³/mol. The Morgan fingerprint density at radius 3 is 1.47 bits per heavy atom. The van der Waals surface area contributed by atoms with E-state index in [9.17, 15) is 50.8 Å². The van der Waals surface area contributed by atoms with Crippen LogP contribution in [0.15, 0.2) is 94.1 Å². The molecule has 2 aliphatic heterocycles. The van der Waals surface area contributed by atoms with Crippen molar-refractivity contribution in [3.8, 4) is 0 Å². The summed E-state index contributed by atoms with van der Waals surface area (Å²) >= 11 is 5.03. The average Bonchev–Trinajstić information content (AvgIpc) is 3.35. The normalized spacial score (nSPS) is 14.2. The summed E-state index contributed by atoms with van der Waals surface area (Å²) in [6.07, 6.45) is -4.50. The number of aromatic nitrogens is 2. The topological polar surface area (TPSA) is 186 Å². The summed E-state index contributed by atoms with van der Waals surface area (Å²) < 4.78 is 89.8. The van der Waals surface area contributed by atoms with Crippen molar-refractivity contribution in [1.82, 2.24) is 9.97 Å². The van der Waals surface area contributed by atoms with E-state index in [1.165, 1.54) is 45.2 Å². The molecule has 0 unspecified atom stereocenters. The number of nitrogen functional groups attached to an aromatic ring is 1. The number of carbonyl (C=O) groups excluding carboxylic acids is 3. The number of ether oxygens (including phenoxy) is 1. The molecule has 2 fully saturated rings. The number of esters is 1. The van der Waals surface area contributed by atoms with Crippen LogP contribution in [0.25, 0.3) is 21.8 Å². The second-order valence-electron chi connectivity index (χ2n) is 17.6. The number of fused-ring (bicyclic) bond motifs is 2. The number of nitrogens with one attached hydrogen (secondary N) is 2. The van der Waals surface area contributed by atoms with Crippen molar-refractivity contribution in [3.05, 3.63) is 115 Å². The number of hydrogen-bond acceptors (Lipinski definition) is 13. The molecule has 2 aromatic heterocycles.